The van der Waals surface area contributed by atoms with E-state index in [9.17, 15) is 33.9 Å². The van der Waals surface area contributed by atoms with Crippen molar-refractivity contribution in [2.75, 3.05) is 0 Å². The molecule has 0 spiro atoms. The number of carbonyl (C=O) groups excluding carboxylic acids is 6. The number of esters is 5. The third-order valence-corrected chi connectivity index (χ3v) is 32.2. The first-order valence-corrected chi connectivity index (χ1v) is 43.5. The highest BCUT2D eigenvalue weighted by atomic mass is 16.6. The largest absolute Gasteiger partial charge is 0.461 e. The average molecular weight is 1490 g/mol. The lowest BCUT2D eigenvalue weighted by molar-refractivity contribution is -0.180. The van der Waals surface area contributed by atoms with Crippen LogP contribution < -0.4 is 0 Å². The van der Waals surface area contributed by atoms with Gasteiger partial charge in [0.15, 0.2) is 0 Å². The molecule has 0 aromatic rings. The van der Waals surface area contributed by atoms with Crippen LogP contribution in [-0.4, -0.2) is 81.1 Å². The van der Waals surface area contributed by atoms with Gasteiger partial charge in [-0.1, -0.05) is 112 Å². The van der Waals surface area contributed by atoms with Crippen LogP contribution in [0.15, 0.2) is 60.8 Å². The van der Waals surface area contributed by atoms with Gasteiger partial charge in [-0.3, -0.25) is 28.8 Å². The highest BCUT2D eigenvalue weighted by molar-refractivity contribution is 5.79. The van der Waals surface area contributed by atoms with Crippen LogP contribution in [0.3, 0.4) is 0 Å². The Balaban J connectivity index is 0.000000155. The standard InChI is InChI=1S/C22H34O4.C20H32O3.C18H28O2.C18H30O2.C16H26O2/c1-6-15(3)11-22(26-19(24)20(4,5)7-2)13-21(25-14-23)12-18(22)16-9-8-10-17(16)21;1-4-19(2,3)18(22)23-20(14-8-6-5-7-9-14)13-12-15-16(20)10-11-17(15)21;1-5-17(3,4)16(19)20-18(6-2)11-12-10-15(18)14-9-7-8-13(12)14;1-7-17(5,6)16(19)20-18(12(2)3)11-13(4)14-9-8-10-15(14)18;1-5-15(3,4)14(17)18-16(6-2)11-10-12-8-7-9-13(12)16/h11,14,16-18H,6-10,12-13H2,1-5H3;8,15-17,21H,4-7,9-13H2,1-3H3;6,12-15H,2,5,7-11H2,1,3-4H3;13-15H,2,7-11H2,1,3-6H3;6,12-13H,2,5,7-11H2,1,3-4H3/b15-11-;;;;. The third kappa shape index (κ3) is 16.8. The molecule has 0 aromatic heterocycles. The van der Waals surface area contributed by atoms with Crippen LogP contribution in [0, 0.1) is 110 Å². The predicted octanol–water partition coefficient (Wildman–Crippen LogP) is 22.4. The summed E-state index contributed by atoms with van der Waals surface area (Å²) in [4.78, 5) is 74.6. The van der Waals surface area contributed by atoms with Crippen molar-refractivity contribution in [3.05, 3.63) is 60.8 Å². The molecule has 13 aliphatic rings. The van der Waals surface area contributed by atoms with Crippen molar-refractivity contribution in [1.29, 1.82) is 0 Å². The molecule has 0 radical (unpaired) electrons. The Hall–Kier alpha value is -4.52. The summed E-state index contributed by atoms with van der Waals surface area (Å²) in [6, 6.07) is 0. The topological polar surface area (TPSA) is 178 Å². The molecule has 0 amide bonds. The average Bonchev–Trinajstić information content (AvgIpc) is 1.53. The molecule has 604 valence electrons. The predicted molar refractivity (Wildman–Crippen MR) is 427 cm³/mol. The normalized spacial score (nSPS) is 38.3. The Morgan fingerprint density at radius 3 is 1.56 bits per heavy atom. The molecule has 13 heteroatoms. The van der Waals surface area contributed by atoms with Crippen LogP contribution in [0.4, 0.5) is 0 Å². The number of aliphatic hydroxyl groups excluding tert-OH is 1. The second kappa shape index (κ2) is 33.7. The van der Waals surface area contributed by atoms with Crippen molar-refractivity contribution in [3.63, 3.8) is 0 Å². The van der Waals surface area contributed by atoms with Gasteiger partial charge in [-0.25, -0.2) is 0 Å². The number of carbonyl (C=O) groups is 6. The van der Waals surface area contributed by atoms with Gasteiger partial charge in [-0.2, -0.15) is 0 Å². The first-order valence-electron chi connectivity index (χ1n) is 43.5. The van der Waals surface area contributed by atoms with E-state index < -0.39 is 38.6 Å². The van der Waals surface area contributed by atoms with E-state index in [2.05, 4.69) is 59.6 Å². The summed E-state index contributed by atoms with van der Waals surface area (Å²) < 4.78 is 36.6. The highest BCUT2D eigenvalue weighted by Crippen LogP contribution is 2.69. The molecule has 13 rings (SSSR count). The first kappa shape index (κ1) is 86.5. The van der Waals surface area contributed by atoms with E-state index in [-0.39, 0.29) is 63.9 Å². The van der Waals surface area contributed by atoms with Gasteiger partial charge in [0.05, 0.1) is 33.2 Å². The van der Waals surface area contributed by atoms with Gasteiger partial charge < -0.3 is 33.5 Å². The summed E-state index contributed by atoms with van der Waals surface area (Å²) in [5.41, 5.74) is -1.11. The molecule has 4 bridgehead atoms. The molecular weight excluding hydrogens is 1340 g/mol. The van der Waals surface area contributed by atoms with E-state index in [1.165, 1.54) is 101 Å². The monoisotopic (exact) mass is 1490 g/mol. The van der Waals surface area contributed by atoms with E-state index in [4.69, 9.17) is 28.4 Å². The van der Waals surface area contributed by atoms with E-state index >= 15 is 0 Å². The molecule has 12 fully saturated rings. The Morgan fingerprint density at radius 2 is 1.01 bits per heavy atom. The Morgan fingerprint density at radius 1 is 0.495 bits per heavy atom. The molecule has 107 heavy (non-hydrogen) atoms. The lowest BCUT2D eigenvalue weighted by Gasteiger charge is -2.44. The second-order valence-corrected chi connectivity index (χ2v) is 40.0. The van der Waals surface area contributed by atoms with Crippen molar-refractivity contribution >= 4 is 36.3 Å². The minimum Gasteiger partial charge on any atom is -0.461 e. The quantitative estimate of drug-likeness (QED) is 0.0443. The number of ether oxygens (including phenoxy) is 6. The number of fused-ring (bicyclic) bond motifs is 13. The molecule has 0 aliphatic heterocycles. The van der Waals surface area contributed by atoms with Gasteiger partial charge in [-0.15, -0.1) is 0 Å². The molecule has 13 nitrogen and oxygen atoms in total. The number of hydrogen-bond donors (Lipinski definition) is 1. The fraction of sp³-hybridized carbons (Fsp3) is 0.830. The molecule has 0 heterocycles. The molecule has 21 unspecified atom stereocenters. The zero-order chi connectivity index (χ0) is 78.9. The summed E-state index contributed by atoms with van der Waals surface area (Å²) in [6.45, 7) is 51.3. The first-order chi connectivity index (χ1) is 50.3. The maximum absolute atomic E-state index is 13.0. The molecule has 1 N–H and O–H groups in total. The maximum atomic E-state index is 13.0. The van der Waals surface area contributed by atoms with Crippen LogP contribution >= 0.6 is 0 Å². The summed E-state index contributed by atoms with van der Waals surface area (Å²) in [5, 5.41) is 10.3. The van der Waals surface area contributed by atoms with Crippen molar-refractivity contribution in [2.24, 2.45) is 110 Å². The van der Waals surface area contributed by atoms with Crippen LogP contribution in [0.2, 0.25) is 0 Å². The van der Waals surface area contributed by atoms with Gasteiger partial charge in [0.25, 0.3) is 6.47 Å². The molecule has 0 aromatic carbocycles. The van der Waals surface area contributed by atoms with E-state index in [0.717, 1.165) is 145 Å². The fourth-order valence-corrected chi connectivity index (χ4v) is 23.2. The summed E-state index contributed by atoms with van der Waals surface area (Å²) in [5.74, 6) is 7.56. The van der Waals surface area contributed by atoms with Gasteiger partial charge in [0.1, 0.15) is 33.6 Å². The minimum absolute atomic E-state index is 0.0398. The lowest BCUT2D eigenvalue weighted by Crippen LogP contribution is -2.50. The Labute approximate surface area is 649 Å². The van der Waals surface area contributed by atoms with Gasteiger partial charge in [0, 0.05) is 41.9 Å². The van der Waals surface area contributed by atoms with Gasteiger partial charge >= 0.3 is 29.8 Å². The van der Waals surface area contributed by atoms with E-state index in [0.29, 0.717) is 66.2 Å². The van der Waals surface area contributed by atoms with Crippen LogP contribution in [0.25, 0.3) is 0 Å². The van der Waals surface area contributed by atoms with Crippen molar-refractivity contribution < 1.29 is 62.3 Å². The SMILES string of the molecule is C=C(C)C1(OC(=O)C(C)(C)CC)CC(C)C2CCCC21.C=CC1(OC(=O)C(C)(C)CC)CC2CC1C1CCCC21.C=CC1(OC(=O)C(C)(C)CC)CCC2CCCC21.CC/C(C)=C\C1(OC(=O)C(C)(C)CC)CC2(OC=O)CC1C1CCCC12.CCC(C)(C)C(=O)OC1(C2=CCCCC2)CCC2C(O)CCC21. The number of aliphatic hydroxyl groups is 1. The summed E-state index contributed by atoms with van der Waals surface area (Å²) in [7, 11) is 0. The number of hydrogen-bond acceptors (Lipinski definition) is 13. The van der Waals surface area contributed by atoms with E-state index in [1.807, 2.05) is 116 Å². The Kier molecular flexibility index (Phi) is 27.2. The molecule has 0 saturated heterocycles. The number of rotatable bonds is 23. The number of allylic oxidation sites excluding steroid dienone is 2. The summed E-state index contributed by atoms with van der Waals surface area (Å²) >= 11 is 0. The third-order valence-electron chi connectivity index (χ3n) is 32.2. The van der Waals surface area contributed by atoms with Crippen LogP contribution in [0.1, 0.15) is 343 Å². The zero-order valence-electron chi connectivity index (χ0n) is 70.8. The van der Waals surface area contributed by atoms with E-state index in [1.54, 1.807) is 0 Å². The fourth-order valence-electron chi connectivity index (χ4n) is 23.2. The van der Waals surface area contributed by atoms with Crippen molar-refractivity contribution in [3.8, 4) is 0 Å². The second-order valence-electron chi connectivity index (χ2n) is 40.0. The van der Waals surface area contributed by atoms with Crippen LogP contribution in [-0.2, 0) is 57.2 Å². The smallest absolute Gasteiger partial charge is 0.312 e. The molecule has 21 atom stereocenters. The highest BCUT2D eigenvalue weighted by Gasteiger charge is 2.72. The maximum Gasteiger partial charge on any atom is 0.312 e. The van der Waals surface area contributed by atoms with Crippen LogP contribution in [0.5, 0.6) is 0 Å². The van der Waals surface area contributed by atoms with Crippen molar-refractivity contribution in [2.45, 2.75) is 383 Å². The lowest BCUT2D eigenvalue weighted by atomic mass is 9.70. The van der Waals surface area contributed by atoms with Gasteiger partial charge in [0.2, 0.25) is 0 Å². The Bertz CT molecular complexity index is 3250. The molecular formula is C94H150O13. The minimum atomic E-state index is -0.627. The van der Waals surface area contributed by atoms with Crippen molar-refractivity contribution in [1.82, 2.24) is 0 Å². The van der Waals surface area contributed by atoms with Gasteiger partial charge in [-0.05, 0) is 333 Å². The zero-order valence-corrected chi connectivity index (χ0v) is 70.8. The summed E-state index contributed by atoms with van der Waals surface area (Å²) in [6.07, 6.45) is 43.3. The molecule has 13 aliphatic carbocycles. The molecule has 12 saturated carbocycles.